The van der Waals surface area contributed by atoms with Gasteiger partial charge in [0.25, 0.3) is 0 Å². The maximum atomic E-state index is 13.9. The predicted octanol–water partition coefficient (Wildman–Crippen LogP) is 4.94. The van der Waals surface area contributed by atoms with Crippen LogP contribution in [0, 0.1) is 5.82 Å². The zero-order valence-electron chi connectivity index (χ0n) is 20.5. The summed E-state index contributed by atoms with van der Waals surface area (Å²) in [5, 5.41) is 2.81. The summed E-state index contributed by atoms with van der Waals surface area (Å²) < 4.78 is 40.0. The van der Waals surface area contributed by atoms with Gasteiger partial charge in [0, 0.05) is 35.6 Å². The topological polar surface area (TPSA) is 86.8 Å². The molecule has 7 nitrogen and oxygen atoms in total. The standard InChI is InChI=1S/C26H25Cl3FN3O4S/c1-31-26(35)24(13-17-7-4-3-5-8-17)32(15-19-20(27)9-6-10-21(19)28)25(34)16-33(38(2,36)37)18-11-12-23(30)22(29)14-18/h3-12,14,24H,13,15-16H2,1-2H3,(H,31,35)/t24-/m1/s1. The number of carbonyl (C=O) groups excluding carboxylic acids is 2. The second-order valence-corrected chi connectivity index (χ2v) is 11.5. The van der Waals surface area contributed by atoms with Crippen LogP contribution in [-0.2, 0) is 32.6 Å². The Labute approximate surface area is 236 Å². The van der Waals surface area contributed by atoms with Crippen LogP contribution in [0.5, 0.6) is 0 Å². The first-order chi connectivity index (χ1) is 17.9. The monoisotopic (exact) mass is 599 g/mol. The summed E-state index contributed by atoms with van der Waals surface area (Å²) in [4.78, 5) is 28.2. The molecule has 1 N–H and O–H groups in total. The van der Waals surface area contributed by atoms with Crippen LogP contribution < -0.4 is 9.62 Å². The highest BCUT2D eigenvalue weighted by atomic mass is 35.5. The minimum absolute atomic E-state index is 0.0115. The molecule has 2 amide bonds. The van der Waals surface area contributed by atoms with Gasteiger partial charge in [0.15, 0.2) is 0 Å². The van der Waals surface area contributed by atoms with Crippen molar-refractivity contribution in [3.05, 3.63) is 98.7 Å². The predicted molar refractivity (Wildman–Crippen MR) is 149 cm³/mol. The SMILES string of the molecule is CNC(=O)[C@@H](Cc1ccccc1)N(Cc1c(Cl)cccc1Cl)C(=O)CN(c1ccc(F)c(Cl)c1)S(C)(=O)=O. The number of carbonyl (C=O) groups is 2. The van der Waals surface area contributed by atoms with Gasteiger partial charge in [-0.05, 0) is 35.9 Å². The third-order valence-corrected chi connectivity index (χ3v) is 7.92. The fraction of sp³-hybridized carbons (Fsp3) is 0.231. The summed E-state index contributed by atoms with van der Waals surface area (Å²) >= 11 is 18.6. The largest absolute Gasteiger partial charge is 0.357 e. The zero-order valence-corrected chi connectivity index (χ0v) is 23.6. The van der Waals surface area contributed by atoms with Crippen molar-refractivity contribution in [1.82, 2.24) is 10.2 Å². The Morgan fingerprint density at radius 1 is 0.947 bits per heavy atom. The number of anilines is 1. The average molecular weight is 601 g/mol. The number of hydrogen-bond donors (Lipinski definition) is 1. The molecule has 0 spiro atoms. The van der Waals surface area contributed by atoms with Crippen LogP contribution in [0.1, 0.15) is 11.1 Å². The first kappa shape index (κ1) is 29.7. The highest BCUT2D eigenvalue weighted by Gasteiger charge is 2.33. The molecule has 3 aromatic carbocycles. The van der Waals surface area contributed by atoms with E-state index in [1.54, 1.807) is 30.3 Å². The molecule has 0 aromatic heterocycles. The molecule has 3 rings (SSSR count). The van der Waals surface area contributed by atoms with E-state index in [9.17, 15) is 22.4 Å². The first-order valence-electron chi connectivity index (χ1n) is 11.3. The molecule has 12 heteroatoms. The van der Waals surface area contributed by atoms with Crippen molar-refractivity contribution in [2.24, 2.45) is 0 Å². The summed E-state index contributed by atoms with van der Waals surface area (Å²) in [5.74, 6) is -1.93. The summed E-state index contributed by atoms with van der Waals surface area (Å²) in [6.45, 7) is -0.866. The van der Waals surface area contributed by atoms with E-state index in [2.05, 4.69) is 5.32 Å². The number of nitrogens with zero attached hydrogens (tertiary/aromatic N) is 2. The molecular weight excluding hydrogens is 576 g/mol. The van der Waals surface area contributed by atoms with Gasteiger partial charge in [-0.1, -0.05) is 71.2 Å². The molecule has 0 radical (unpaired) electrons. The van der Waals surface area contributed by atoms with E-state index >= 15 is 0 Å². The minimum Gasteiger partial charge on any atom is -0.357 e. The molecule has 0 aliphatic heterocycles. The van der Waals surface area contributed by atoms with Crippen molar-refractivity contribution in [3.8, 4) is 0 Å². The normalized spacial score (nSPS) is 12.1. The van der Waals surface area contributed by atoms with Crippen molar-refractivity contribution in [1.29, 1.82) is 0 Å². The molecule has 0 unspecified atom stereocenters. The highest BCUT2D eigenvalue weighted by molar-refractivity contribution is 7.92. The number of halogens is 4. The van der Waals surface area contributed by atoms with Gasteiger partial charge in [-0.2, -0.15) is 0 Å². The van der Waals surface area contributed by atoms with Gasteiger partial charge in [-0.15, -0.1) is 0 Å². The van der Waals surface area contributed by atoms with Crippen LogP contribution in [-0.4, -0.2) is 51.0 Å². The van der Waals surface area contributed by atoms with Gasteiger partial charge in [-0.3, -0.25) is 13.9 Å². The van der Waals surface area contributed by atoms with Crippen LogP contribution in [0.4, 0.5) is 10.1 Å². The molecule has 0 saturated carbocycles. The number of hydrogen-bond acceptors (Lipinski definition) is 4. The minimum atomic E-state index is -4.02. The first-order valence-corrected chi connectivity index (χ1v) is 14.3. The zero-order chi connectivity index (χ0) is 28.0. The van der Waals surface area contributed by atoms with E-state index in [4.69, 9.17) is 34.8 Å². The number of rotatable bonds is 10. The second-order valence-electron chi connectivity index (χ2n) is 8.41. The van der Waals surface area contributed by atoms with Gasteiger partial charge in [0.1, 0.15) is 18.4 Å². The molecule has 0 saturated heterocycles. The van der Waals surface area contributed by atoms with Gasteiger partial charge in [-0.25, -0.2) is 12.8 Å². The van der Waals surface area contributed by atoms with Gasteiger partial charge >= 0.3 is 0 Å². The highest BCUT2D eigenvalue weighted by Crippen LogP contribution is 2.29. The van der Waals surface area contributed by atoms with E-state index in [1.165, 1.54) is 18.0 Å². The molecule has 0 aliphatic rings. The van der Waals surface area contributed by atoms with Crippen molar-refractivity contribution < 1.29 is 22.4 Å². The average Bonchev–Trinajstić information content (AvgIpc) is 2.87. The Hall–Kier alpha value is -2.85. The Balaban J connectivity index is 2.08. The van der Waals surface area contributed by atoms with Crippen LogP contribution in [0.25, 0.3) is 0 Å². The summed E-state index contributed by atoms with van der Waals surface area (Å²) in [6, 6.07) is 16.2. The number of nitrogens with one attached hydrogen (secondary N) is 1. The van der Waals surface area contributed by atoms with Crippen LogP contribution in [0.2, 0.25) is 15.1 Å². The number of likely N-dealkylation sites (N-methyl/N-ethyl adjacent to an activating group) is 1. The van der Waals surface area contributed by atoms with E-state index in [0.717, 1.165) is 28.3 Å². The Kier molecular flexibility index (Phi) is 10.0. The van der Waals surface area contributed by atoms with E-state index < -0.39 is 40.2 Å². The molecule has 0 bridgehead atoms. The summed E-state index contributed by atoms with van der Waals surface area (Å²) in [5.41, 5.74) is 1.15. The quantitative estimate of drug-likeness (QED) is 0.357. The molecule has 202 valence electrons. The Morgan fingerprint density at radius 3 is 2.13 bits per heavy atom. The van der Waals surface area contributed by atoms with E-state index in [0.29, 0.717) is 5.56 Å². The number of sulfonamides is 1. The van der Waals surface area contributed by atoms with Crippen LogP contribution in [0.15, 0.2) is 66.7 Å². The molecule has 1 atom stereocenters. The molecule has 0 heterocycles. The third-order valence-electron chi connectivity index (χ3n) is 5.78. The smallest absolute Gasteiger partial charge is 0.244 e. The van der Waals surface area contributed by atoms with Crippen molar-refractivity contribution in [3.63, 3.8) is 0 Å². The van der Waals surface area contributed by atoms with Gasteiger partial charge < -0.3 is 10.2 Å². The van der Waals surface area contributed by atoms with E-state index in [1.807, 2.05) is 18.2 Å². The summed E-state index contributed by atoms with van der Waals surface area (Å²) in [6.07, 6.45) is 1.04. The maximum absolute atomic E-state index is 13.9. The molecule has 0 aliphatic carbocycles. The lowest BCUT2D eigenvalue weighted by atomic mass is 10.0. The van der Waals surface area contributed by atoms with Crippen LogP contribution >= 0.6 is 34.8 Å². The second kappa shape index (κ2) is 12.8. The van der Waals surface area contributed by atoms with Gasteiger partial charge in [0.2, 0.25) is 21.8 Å². The van der Waals surface area contributed by atoms with Crippen LogP contribution in [0.3, 0.4) is 0 Å². The van der Waals surface area contributed by atoms with Crippen molar-refractivity contribution in [2.75, 3.05) is 24.2 Å². The molecular formula is C26H25Cl3FN3O4S. The molecule has 38 heavy (non-hydrogen) atoms. The Morgan fingerprint density at radius 2 is 1.58 bits per heavy atom. The third kappa shape index (κ3) is 7.38. The van der Waals surface area contributed by atoms with Gasteiger partial charge in [0.05, 0.1) is 17.0 Å². The number of amides is 2. The number of benzene rings is 3. The fourth-order valence-electron chi connectivity index (χ4n) is 3.83. The fourth-order valence-corrected chi connectivity index (χ4v) is 5.36. The lowest BCUT2D eigenvalue weighted by Gasteiger charge is -2.33. The Bertz CT molecular complexity index is 1400. The summed E-state index contributed by atoms with van der Waals surface area (Å²) in [7, 11) is -2.58. The van der Waals surface area contributed by atoms with E-state index in [-0.39, 0.29) is 33.7 Å². The molecule has 3 aromatic rings. The van der Waals surface area contributed by atoms with Crippen molar-refractivity contribution in [2.45, 2.75) is 19.0 Å². The van der Waals surface area contributed by atoms with Crippen molar-refractivity contribution >= 4 is 62.3 Å². The molecule has 0 fully saturated rings. The lowest BCUT2D eigenvalue weighted by molar-refractivity contribution is -0.139. The maximum Gasteiger partial charge on any atom is 0.244 e. The lowest BCUT2D eigenvalue weighted by Crippen LogP contribution is -2.53.